The number of nitrogens with zero attached hydrogens (tertiary/aromatic N) is 2. The van der Waals surface area contributed by atoms with Crippen LogP contribution in [0.15, 0.2) is 57.7 Å². The molecule has 2 fully saturated rings. The van der Waals surface area contributed by atoms with Crippen LogP contribution in [0.2, 0.25) is 0 Å². The molecular formula is C24H28ClN3O4. The fraction of sp³-hybridized carbons (Fsp3) is 0.417. The molecule has 1 aromatic heterocycles. The van der Waals surface area contributed by atoms with Gasteiger partial charge in [0.05, 0.1) is 12.1 Å². The Morgan fingerprint density at radius 3 is 2.56 bits per heavy atom. The number of benzene rings is 2. The van der Waals surface area contributed by atoms with Crippen LogP contribution in [0.1, 0.15) is 37.2 Å². The van der Waals surface area contributed by atoms with Crippen molar-refractivity contribution < 1.29 is 13.9 Å². The summed E-state index contributed by atoms with van der Waals surface area (Å²) in [6.45, 7) is 1.33. The first-order valence-electron chi connectivity index (χ1n) is 10.9. The maximum atomic E-state index is 12.3. The van der Waals surface area contributed by atoms with E-state index >= 15 is 0 Å². The van der Waals surface area contributed by atoms with Crippen molar-refractivity contribution in [2.75, 3.05) is 25.0 Å². The van der Waals surface area contributed by atoms with Gasteiger partial charge in [0, 0.05) is 18.3 Å². The number of H-pyrrole nitrogens is 1. The van der Waals surface area contributed by atoms with Gasteiger partial charge in [0.15, 0.2) is 5.58 Å². The Morgan fingerprint density at radius 2 is 1.81 bits per heavy atom. The van der Waals surface area contributed by atoms with E-state index in [1.54, 1.807) is 4.90 Å². The average molecular weight is 458 g/mol. The van der Waals surface area contributed by atoms with Gasteiger partial charge in [-0.15, -0.1) is 12.4 Å². The van der Waals surface area contributed by atoms with E-state index in [9.17, 15) is 9.59 Å². The second-order valence-corrected chi connectivity index (χ2v) is 8.67. The number of carbonyl (C=O) groups is 1. The molecule has 1 aliphatic carbocycles. The van der Waals surface area contributed by atoms with E-state index in [1.165, 1.54) is 5.56 Å². The van der Waals surface area contributed by atoms with E-state index in [0.717, 1.165) is 43.4 Å². The van der Waals surface area contributed by atoms with Crippen LogP contribution < -0.4 is 10.7 Å². The number of cyclic esters (lactones) is 1. The minimum atomic E-state index is -0.407. The number of carbonyl (C=O) groups excluding carboxylic acids is 1. The SMILES string of the molecule is CN(C[C@@H]1CN(c2ccccc2)C(=O)O1)C1CCC(c2ccc3[nH]c(=O)oc3c2)CC1.Cl. The maximum Gasteiger partial charge on any atom is 0.417 e. The molecule has 1 saturated carbocycles. The summed E-state index contributed by atoms with van der Waals surface area (Å²) in [6, 6.07) is 16.2. The van der Waals surface area contributed by atoms with Gasteiger partial charge in [-0.05, 0) is 68.5 Å². The molecule has 1 saturated heterocycles. The number of fused-ring (bicyclic) bond motifs is 1. The van der Waals surface area contributed by atoms with Crippen molar-refractivity contribution in [1.29, 1.82) is 0 Å². The van der Waals surface area contributed by atoms with Crippen LogP contribution in [-0.4, -0.2) is 48.3 Å². The molecule has 0 spiro atoms. The Kier molecular flexibility index (Phi) is 6.58. The summed E-state index contributed by atoms with van der Waals surface area (Å²) < 4.78 is 10.8. The van der Waals surface area contributed by atoms with Crippen LogP contribution in [0.3, 0.4) is 0 Å². The Hall–Kier alpha value is -2.77. The molecule has 1 N–H and O–H groups in total. The normalized spacial score (nSPS) is 23.4. The Morgan fingerprint density at radius 1 is 1.06 bits per heavy atom. The van der Waals surface area contributed by atoms with Gasteiger partial charge in [0.25, 0.3) is 0 Å². The van der Waals surface area contributed by atoms with Gasteiger partial charge < -0.3 is 9.15 Å². The first-order valence-corrected chi connectivity index (χ1v) is 10.9. The molecule has 32 heavy (non-hydrogen) atoms. The minimum absolute atomic E-state index is 0. The molecule has 0 radical (unpaired) electrons. The monoisotopic (exact) mass is 457 g/mol. The molecule has 0 bridgehead atoms. The van der Waals surface area contributed by atoms with Crippen LogP contribution >= 0.6 is 12.4 Å². The average Bonchev–Trinajstić information content (AvgIpc) is 3.34. The Labute approximate surface area is 192 Å². The number of nitrogens with one attached hydrogen (secondary N) is 1. The number of anilines is 1. The molecule has 1 amide bonds. The zero-order chi connectivity index (χ0) is 21.4. The number of para-hydroxylation sites is 1. The summed E-state index contributed by atoms with van der Waals surface area (Å²) >= 11 is 0. The van der Waals surface area contributed by atoms with Crippen molar-refractivity contribution in [1.82, 2.24) is 9.88 Å². The predicted molar refractivity (Wildman–Crippen MR) is 126 cm³/mol. The summed E-state index contributed by atoms with van der Waals surface area (Å²) in [5.41, 5.74) is 3.50. The minimum Gasteiger partial charge on any atom is -0.443 e. The van der Waals surface area contributed by atoms with E-state index in [2.05, 4.69) is 23.0 Å². The van der Waals surface area contributed by atoms with Crippen molar-refractivity contribution in [3.63, 3.8) is 0 Å². The van der Waals surface area contributed by atoms with Gasteiger partial charge in [-0.2, -0.15) is 0 Å². The Balaban J connectivity index is 0.00000245. The highest BCUT2D eigenvalue weighted by Crippen LogP contribution is 2.35. The van der Waals surface area contributed by atoms with Gasteiger partial charge in [-0.3, -0.25) is 14.8 Å². The summed E-state index contributed by atoms with van der Waals surface area (Å²) in [4.78, 5) is 30.4. The van der Waals surface area contributed by atoms with Crippen molar-refractivity contribution in [3.05, 3.63) is 64.6 Å². The second kappa shape index (κ2) is 9.38. The summed E-state index contributed by atoms with van der Waals surface area (Å²) in [6.07, 6.45) is 4.00. The first-order chi connectivity index (χ1) is 15.1. The molecule has 7 nitrogen and oxygen atoms in total. The fourth-order valence-corrected chi connectivity index (χ4v) is 4.97. The lowest BCUT2D eigenvalue weighted by atomic mass is 9.81. The number of amides is 1. The van der Waals surface area contributed by atoms with Gasteiger partial charge in [-0.25, -0.2) is 9.59 Å². The van der Waals surface area contributed by atoms with Gasteiger partial charge in [0.2, 0.25) is 0 Å². The molecule has 0 unspecified atom stereocenters. The number of ether oxygens (including phenoxy) is 1. The lowest BCUT2D eigenvalue weighted by Gasteiger charge is -2.35. The van der Waals surface area contributed by atoms with Crippen molar-refractivity contribution >= 4 is 35.3 Å². The number of halogens is 1. The lowest BCUT2D eigenvalue weighted by Crippen LogP contribution is -2.40. The zero-order valence-electron chi connectivity index (χ0n) is 18.0. The highest BCUT2D eigenvalue weighted by molar-refractivity contribution is 5.89. The molecule has 1 atom stereocenters. The number of rotatable bonds is 5. The largest absolute Gasteiger partial charge is 0.443 e. The van der Waals surface area contributed by atoms with Crippen LogP contribution in [-0.2, 0) is 4.74 Å². The number of likely N-dealkylation sites (N-methyl/N-ethyl adjacent to an activating group) is 1. The maximum absolute atomic E-state index is 12.3. The molecule has 2 aliphatic rings. The van der Waals surface area contributed by atoms with Gasteiger partial charge >= 0.3 is 11.8 Å². The Bertz CT molecular complexity index is 1120. The van der Waals surface area contributed by atoms with Crippen LogP contribution in [0.5, 0.6) is 0 Å². The summed E-state index contributed by atoms with van der Waals surface area (Å²) in [5, 5.41) is 0. The summed E-state index contributed by atoms with van der Waals surface area (Å²) in [7, 11) is 2.13. The van der Waals surface area contributed by atoms with Gasteiger partial charge in [-0.1, -0.05) is 24.3 Å². The van der Waals surface area contributed by atoms with Gasteiger partial charge in [0.1, 0.15) is 6.10 Å². The topological polar surface area (TPSA) is 78.8 Å². The van der Waals surface area contributed by atoms with Crippen LogP contribution in [0.4, 0.5) is 10.5 Å². The van der Waals surface area contributed by atoms with E-state index in [1.807, 2.05) is 42.5 Å². The van der Waals surface area contributed by atoms with Crippen LogP contribution in [0.25, 0.3) is 11.1 Å². The number of hydrogen-bond acceptors (Lipinski definition) is 5. The van der Waals surface area contributed by atoms with Crippen LogP contribution in [0, 0.1) is 0 Å². The quantitative estimate of drug-likeness (QED) is 0.609. The molecular weight excluding hydrogens is 430 g/mol. The predicted octanol–water partition coefficient (Wildman–Crippen LogP) is 4.53. The molecule has 2 aromatic carbocycles. The third-order valence-corrected chi connectivity index (χ3v) is 6.67. The molecule has 8 heteroatoms. The summed E-state index contributed by atoms with van der Waals surface area (Å²) in [5.74, 6) is 0.0723. The number of aromatic amines is 1. The molecule has 1 aliphatic heterocycles. The second-order valence-electron chi connectivity index (χ2n) is 8.67. The van der Waals surface area contributed by atoms with E-state index < -0.39 is 5.76 Å². The molecule has 2 heterocycles. The number of hydrogen-bond donors (Lipinski definition) is 1. The third kappa shape index (κ3) is 4.54. The molecule has 5 rings (SSSR count). The third-order valence-electron chi connectivity index (χ3n) is 6.67. The number of aromatic nitrogens is 1. The first kappa shape index (κ1) is 22.4. The smallest absolute Gasteiger partial charge is 0.417 e. The highest BCUT2D eigenvalue weighted by atomic mass is 35.5. The van der Waals surface area contributed by atoms with Crippen molar-refractivity contribution in [2.45, 2.75) is 43.7 Å². The van der Waals surface area contributed by atoms with Crippen molar-refractivity contribution in [2.24, 2.45) is 0 Å². The van der Waals surface area contributed by atoms with Crippen molar-refractivity contribution in [3.8, 4) is 0 Å². The van der Waals surface area contributed by atoms with E-state index in [4.69, 9.17) is 9.15 Å². The number of oxazole rings is 1. The molecule has 170 valence electrons. The lowest BCUT2D eigenvalue weighted by molar-refractivity contribution is 0.0912. The van der Waals surface area contributed by atoms with E-state index in [0.29, 0.717) is 24.1 Å². The standard InChI is InChI=1S/C24H27N3O4.ClH/c1-26(14-20-15-27(24(29)30-20)19-5-3-2-4-6-19)18-10-7-16(8-11-18)17-9-12-21-22(13-17)31-23(28)25-21;/h2-6,9,12-13,16,18,20H,7-8,10-11,14-15H2,1H3,(H,25,28);1H/t16?,18?,20-;/m1./s1. The van der Waals surface area contributed by atoms with E-state index in [-0.39, 0.29) is 24.6 Å². The zero-order valence-corrected chi connectivity index (χ0v) is 18.8. The molecule has 3 aromatic rings. The fourth-order valence-electron chi connectivity index (χ4n) is 4.97. The highest BCUT2D eigenvalue weighted by Gasteiger charge is 2.34.